The summed E-state index contributed by atoms with van der Waals surface area (Å²) < 4.78 is 5.90. The SMILES string of the molecule is NCC1(NC(=O)CCOc2ccccc2-c2ccccc2)CCCC1. The molecule has 0 radical (unpaired) electrons. The van der Waals surface area contributed by atoms with E-state index < -0.39 is 0 Å². The standard InChI is InChI=1S/C21H26N2O2/c22-16-21(13-6-7-14-21)23-20(24)12-15-25-19-11-5-4-10-18(19)17-8-2-1-3-9-17/h1-5,8-11H,6-7,12-16,22H2,(H,23,24). The number of ether oxygens (including phenoxy) is 1. The lowest BCUT2D eigenvalue weighted by Crippen LogP contribution is -2.51. The number of carbonyl (C=O) groups excluding carboxylic acids is 1. The number of nitrogens with two attached hydrogens (primary N) is 1. The van der Waals surface area contributed by atoms with Crippen molar-refractivity contribution in [2.45, 2.75) is 37.6 Å². The van der Waals surface area contributed by atoms with Crippen molar-refractivity contribution in [3.63, 3.8) is 0 Å². The van der Waals surface area contributed by atoms with Gasteiger partial charge in [-0.15, -0.1) is 0 Å². The molecular formula is C21H26N2O2. The maximum atomic E-state index is 12.3. The highest BCUT2D eigenvalue weighted by molar-refractivity contribution is 5.77. The Morgan fingerprint density at radius 1 is 1.04 bits per heavy atom. The highest BCUT2D eigenvalue weighted by Crippen LogP contribution is 2.30. The van der Waals surface area contributed by atoms with Crippen molar-refractivity contribution >= 4 is 5.91 Å². The summed E-state index contributed by atoms with van der Waals surface area (Å²) >= 11 is 0. The fourth-order valence-corrected chi connectivity index (χ4v) is 3.49. The van der Waals surface area contributed by atoms with E-state index in [4.69, 9.17) is 10.5 Å². The second-order valence-corrected chi connectivity index (χ2v) is 6.70. The van der Waals surface area contributed by atoms with Crippen LogP contribution in [0.1, 0.15) is 32.1 Å². The first-order chi connectivity index (χ1) is 12.2. The van der Waals surface area contributed by atoms with Gasteiger partial charge in [-0.1, -0.05) is 61.4 Å². The molecule has 3 rings (SSSR count). The van der Waals surface area contributed by atoms with Crippen molar-refractivity contribution in [3.05, 3.63) is 54.6 Å². The summed E-state index contributed by atoms with van der Waals surface area (Å²) in [5.74, 6) is 0.820. The van der Waals surface area contributed by atoms with Gasteiger partial charge in [-0.2, -0.15) is 0 Å². The smallest absolute Gasteiger partial charge is 0.223 e. The van der Waals surface area contributed by atoms with Crippen molar-refractivity contribution in [2.24, 2.45) is 5.73 Å². The van der Waals surface area contributed by atoms with Crippen LogP contribution in [0.15, 0.2) is 54.6 Å². The monoisotopic (exact) mass is 338 g/mol. The lowest BCUT2D eigenvalue weighted by molar-refractivity contribution is -0.123. The van der Waals surface area contributed by atoms with E-state index in [1.54, 1.807) is 0 Å². The van der Waals surface area contributed by atoms with Crippen LogP contribution < -0.4 is 15.8 Å². The Bertz CT molecular complexity index is 694. The predicted octanol–water partition coefficient (Wildman–Crippen LogP) is 3.51. The molecule has 0 aromatic heterocycles. The highest BCUT2D eigenvalue weighted by Gasteiger charge is 2.33. The van der Waals surface area contributed by atoms with Gasteiger partial charge in [0.05, 0.1) is 18.6 Å². The van der Waals surface area contributed by atoms with Gasteiger partial charge in [0, 0.05) is 12.1 Å². The molecule has 1 fully saturated rings. The van der Waals surface area contributed by atoms with Crippen LogP contribution in [0.4, 0.5) is 0 Å². The molecule has 1 aliphatic rings. The van der Waals surface area contributed by atoms with Crippen LogP contribution in [0.5, 0.6) is 5.75 Å². The average molecular weight is 338 g/mol. The molecule has 0 atom stereocenters. The number of carbonyl (C=O) groups is 1. The zero-order valence-corrected chi connectivity index (χ0v) is 14.5. The molecule has 2 aromatic carbocycles. The molecule has 1 aliphatic carbocycles. The van der Waals surface area contributed by atoms with Gasteiger partial charge in [0.2, 0.25) is 5.91 Å². The summed E-state index contributed by atoms with van der Waals surface area (Å²) in [5, 5.41) is 3.13. The molecule has 0 heterocycles. The van der Waals surface area contributed by atoms with Crippen LogP contribution in [-0.2, 0) is 4.79 Å². The number of hydrogen-bond donors (Lipinski definition) is 2. The fourth-order valence-electron chi connectivity index (χ4n) is 3.49. The molecule has 4 heteroatoms. The van der Waals surface area contributed by atoms with Crippen LogP contribution >= 0.6 is 0 Å². The van der Waals surface area contributed by atoms with E-state index in [2.05, 4.69) is 17.4 Å². The summed E-state index contributed by atoms with van der Waals surface area (Å²) in [4.78, 5) is 12.3. The molecule has 0 spiro atoms. The third-order valence-electron chi connectivity index (χ3n) is 4.91. The molecule has 0 unspecified atom stereocenters. The Balaban J connectivity index is 1.57. The summed E-state index contributed by atoms with van der Waals surface area (Å²) in [6, 6.07) is 18.0. The highest BCUT2D eigenvalue weighted by atomic mass is 16.5. The lowest BCUT2D eigenvalue weighted by Gasteiger charge is -2.28. The maximum Gasteiger partial charge on any atom is 0.223 e. The lowest BCUT2D eigenvalue weighted by atomic mass is 9.97. The first-order valence-electron chi connectivity index (χ1n) is 9.01. The normalized spacial score (nSPS) is 15.7. The zero-order valence-electron chi connectivity index (χ0n) is 14.5. The molecule has 25 heavy (non-hydrogen) atoms. The van der Waals surface area contributed by atoms with Gasteiger partial charge in [-0.05, 0) is 24.5 Å². The minimum Gasteiger partial charge on any atom is -0.492 e. The second kappa shape index (κ2) is 8.17. The van der Waals surface area contributed by atoms with Crippen LogP contribution in [0, 0.1) is 0 Å². The fraction of sp³-hybridized carbons (Fsp3) is 0.381. The Hall–Kier alpha value is -2.33. The number of amides is 1. The molecule has 132 valence electrons. The van der Waals surface area contributed by atoms with E-state index in [9.17, 15) is 4.79 Å². The molecule has 0 aliphatic heterocycles. The number of hydrogen-bond acceptors (Lipinski definition) is 3. The minimum atomic E-state index is -0.195. The van der Waals surface area contributed by atoms with Crippen molar-refractivity contribution in [1.29, 1.82) is 0 Å². The van der Waals surface area contributed by atoms with E-state index in [1.807, 2.05) is 42.5 Å². The summed E-state index contributed by atoms with van der Waals surface area (Å²) in [6.07, 6.45) is 4.57. The molecule has 2 aromatic rings. The van der Waals surface area contributed by atoms with Gasteiger partial charge in [0.1, 0.15) is 5.75 Å². The van der Waals surface area contributed by atoms with Crippen molar-refractivity contribution in [2.75, 3.05) is 13.2 Å². The molecule has 4 nitrogen and oxygen atoms in total. The first kappa shape index (κ1) is 17.5. The van der Waals surface area contributed by atoms with E-state index in [0.29, 0.717) is 19.6 Å². The summed E-state index contributed by atoms with van der Waals surface area (Å²) in [5.41, 5.74) is 7.83. The summed E-state index contributed by atoms with van der Waals surface area (Å²) in [6.45, 7) is 0.868. The van der Waals surface area contributed by atoms with E-state index in [-0.39, 0.29) is 11.4 Å². The number of rotatable bonds is 7. The molecule has 1 saturated carbocycles. The third-order valence-corrected chi connectivity index (χ3v) is 4.91. The maximum absolute atomic E-state index is 12.3. The molecule has 1 amide bonds. The third kappa shape index (κ3) is 4.40. The van der Waals surface area contributed by atoms with Crippen molar-refractivity contribution in [3.8, 4) is 16.9 Å². The number of benzene rings is 2. The molecule has 0 bridgehead atoms. The van der Waals surface area contributed by atoms with Crippen LogP contribution in [0.3, 0.4) is 0 Å². The van der Waals surface area contributed by atoms with E-state index in [1.165, 1.54) is 0 Å². The summed E-state index contributed by atoms with van der Waals surface area (Å²) in [7, 11) is 0. The zero-order chi connectivity index (χ0) is 17.5. The Morgan fingerprint density at radius 2 is 1.72 bits per heavy atom. The number of nitrogens with one attached hydrogen (secondary N) is 1. The Labute approximate surface area is 149 Å². The number of para-hydroxylation sites is 1. The predicted molar refractivity (Wildman–Crippen MR) is 100 cm³/mol. The van der Waals surface area contributed by atoms with Gasteiger partial charge in [0.15, 0.2) is 0 Å². The largest absolute Gasteiger partial charge is 0.492 e. The molecule has 3 N–H and O–H groups in total. The van der Waals surface area contributed by atoms with E-state index >= 15 is 0 Å². The van der Waals surface area contributed by atoms with Crippen LogP contribution in [-0.4, -0.2) is 24.6 Å². The quantitative estimate of drug-likeness (QED) is 0.812. The van der Waals surface area contributed by atoms with Gasteiger partial charge in [-0.3, -0.25) is 4.79 Å². The van der Waals surface area contributed by atoms with Gasteiger partial charge < -0.3 is 15.8 Å². The molecule has 0 saturated heterocycles. The topological polar surface area (TPSA) is 64.3 Å². The van der Waals surface area contributed by atoms with Crippen molar-refractivity contribution < 1.29 is 9.53 Å². The van der Waals surface area contributed by atoms with Crippen LogP contribution in [0.2, 0.25) is 0 Å². The molecular weight excluding hydrogens is 312 g/mol. The van der Waals surface area contributed by atoms with Gasteiger partial charge >= 0.3 is 0 Å². The average Bonchev–Trinajstić information content (AvgIpc) is 3.12. The first-order valence-corrected chi connectivity index (χ1v) is 9.01. The Morgan fingerprint density at radius 3 is 2.44 bits per heavy atom. The Kier molecular flexibility index (Phi) is 5.71. The van der Waals surface area contributed by atoms with Gasteiger partial charge in [-0.25, -0.2) is 0 Å². The minimum absolute atomic E-state index is 0.0181. The van der Waals surface area contributed by atoms with E-state index in [0.717, 1.165) is 42.6 Å². The van der Waals surface area contributed by atoms with Gasteiger partial charge in [0.25, 0.3) is 0 Å². The van der Waals surface area contributed by atoms with Crippen molar-refractivity contribution in [1.82, 2.24) is 5.32 Å². The second-order valence-electron chi connectivity index (χ2n) is 6.70. The van der Waals surface area contributed by atoms with Crippen LogP contribution in [0.25, 0.3) is 11.1 Å².